The number of aromatic nitrogens is 2. The second kappa shape index (κ2) is 6.95. The zero-order valence-corrected chi connectivity index (χ0v) is 14.8. The number of aryl methyl sites for hydroxylation is 1. The van der Waals surface area contributed by atoms with Crippen molar-refractivity contribution < 1.29 is 9.59 Å². The molecule has 132 valence electrons. The van der Waals surface area contributed by atoms with Crippen molar-refractivity contribution in [2.45, 2.75) is 46.0 Å². The summed E-state index contributed by atoms with van der Waals surface area (Å²) in [4.78, 5) is 24.8. The summed E-state index contributed by atoms with van der Waals surface area (Å²) in [7, 11) is 1.72. The van der Waals surface area contributed by atoms with Crippen LogP contribution in [0.5, 0.6) is 0 Å². The predicted octanol–water partition coefficient (Wildman–Crippen LogP) is 2.57. The maximum Gasteiger partial charge on any atom is 0.271 e. The van der Waals surface area contributed by atoms with Crippen molar-refractivity contribution in [3.8, 4) is 0 Å². The molecule has 0 aliphatic heterocycles. The first-order valence-electron chi connectivity index (χ1n) is 9.04. The molecule has 2 bridgehead atoms. The van der Waals surface area contributed by atoms with E-state index >= 15 is 0 Å². The van der Waals surface area contributed by atoms with E-state index < -0.39 is 0 Å². The molecule has 2 N–H and O–H groups in total. The number of anilines is 1. The number of nitrogens with zero attached hydrogens (tertiary/aromatic N) is 2. The molecule has 2 saturated carbocycles. The van der Waals surface area contributed by atoms with E-state index in [4.69, 9.17) is 0 Å². The van der Waals surface area contributed by atoms with E-state index in [0.717, 1.165) is 11.8 Å². The highest BCUT2D eigenvalue weighted by molar-refractivity contribution is 6.02. The van der Waals surface area contributed by atoms with Crippen LogP contribution in [0.1, 0.15) is 56.4 Å². The summed E-state index contributed by atoms with van der Waals surface area (Å²) in [5, 5.41) is 9.92. The summed E-state index contributed by atoms with van der Waals surface area (Å²) < 4.78 is 1.52. The van der Waals surface area contributed by atoms with Crippen LogP contribution in [0.25, 0.3) is 0 Å². The van der Waals surface area contributed by atoms with Gasteiger partial charge in [0.05, 0.1) is 11.9 Å². The summed E-state index contributed by atoms with van der Waals surface area (Å²) >= 11 is 0. The fourth-order valence-electron chi connectivity index (χ4n) is 4.24. The molecule has 1 aromatic heterocycles. The second-order valence-corrected chi connectivity index (χ2v) is 7.82. The van der Waals surface area contributed by atoms with Gasteiger partial charge >= 0.3 is 0 Å². The van der Waals surface area contributed by atoms with Crippen LogP contribution >= 0.6 is 0 Å². The molecule has 0 aromatic carbocycles. The third kappa shape index (κ3) is 3.62. The summed E-state index contributed by atoms with van der Waals surface area (Å²) in [6.07, 6.45) is 7.22. The van der Waals surface area contributed by atoms with Gasteiger partial charge in [0.1, 0.15) is 5.69 Å². The van der Waals surface area contributed by atoms with Crippen molar-refractivity contribution in [1.82, 2.24) is 15.1 Å². The molecular formula is C18H28N4O2. The third-order valence-corrected chi connectivity index (χ3v) is 5.43. The molecule has 1 aromatic rings. The molecule has 3 atom stereocenters. The Balaban J connectivity index is 1.60. The minimum absolute atomic E-state index is 0.00143. The Hall–Kier alpha value is -1.85. The Morgan fingerprint density at radius 1 is 1.33 bits per heavy atom. The maximum absolute atomic E-state index is 12.4. The number of rotatable bonds is 6. The SMILES string of the molecule is CC(C)CNC(=O)c1c(NC(=O)CC2CC3CCC2C3)cnn1C. The highest BCUT2D eigenvalue weighted by atomic mass is 16.2. The molecule has 24 heavy (non-hydrogen) atoms. The van der Waals surface area contributed by atoms with Gasteiger partial charge in [-0.05, 0) is 42.9 Å². The Bertz CT molecular complexity index is 623. The molecular weight excluding hydrogens is 304 g/mol. The van der Waals surface area contributed by atoms with Crippen molar-refractivity contribution >= 4 is 17.5 Å². The predicted molar refractivity (Wildman–Crippen MR) is 92.6 cm³/mol. The standard InChI is InChI=1S/C18H28N4O2/c1-11(2)9-19-18(24)17-15(10-20-22(17)3)21-16(23)8-14-7-12-4-5-13(14)6-12/h10-14H,4-9H2,1-3H3,(H,19,24)(H,21,23). The Kier molecular flexibility index (Phi) is 4.92. The molecule has 0 radical (unpaired) electrons. The van der Waals surface area contributed by atoms with Crippen LogP contribution < -0.4 is 10.6 Å². The monoisotopic (exact) mass is 332 g/mol. The first-order valence-corrected chi connectivity index (χ1v) is 9.04. The lowest BCUT2D eigenvalue weighted by Crippen LogP contribution is -2.30. The van der Waals surface area contributed by atoms with Crippen molar-refractivity contribution in [2.75, 3.05) is 11.9 Å². The molecule has 6 nitrogen and oxygen atoms in total. The normalized spacial score (nSPS) is 25.2. The van der Waals surface area contributed by atoms with Gasteiger partial charge in [0.15, 0.2) is 0 Å². The van der Waals surface area contributed by atoms with Gasteiger partial charge < -0.3 is 10.6 Å². The van der Waals surface area contributed by atoms with Crippen LogP contribution in [0, 0.1) is 23.7 Å². The number of nitrogens with one attached hydrogen (secondary N) is 2. The molecule has 0 spiro atoms. The highest BCUT2D eigenvalue weighted by Gasteiger charge is 2.40. The van der Waals surface area contributed by atoms with Crippen LogP contribution in [-0.4, -0.2) is 28.1 Å². The topological polar surface area (TPSA) is 76.0 Å². The lowest BCUT2D eigenvalue weighted by atomic mass is 9.86. The smallest absolute Gasteiger partial charge is 0.271 e. The fraction of sp³-hybridized carbons (Fsp3) is 0.722. The molecule has 2 amide bonds. The van der Waals surface area contributed by atoms with Gasteiger partial charge in [0.25, 0.3) is 5.91 Å². The molecule has 3 unspecified atom stereocenters. The van der Waals surface area contributed by atoms with E-state index in [9.17, 15) is 9.59 Å². The molecule has 2 aliphatic rings. The summed E-state index contributed by atoms with van der Waals surface area (Å²) in [5.74, 6) is 2.25. The van der Waals surface area contributed by atoms with Gasteiger partial charge in [0.2, 0.25) is 5.91 Å². The van der Waals surface area contributed by atoms with Gasteiger partial charge in [-0.3, -0.25) is 14.3 Å². The van der Waals surface area contributed by atoms with Gasteiger partial charge in [-0.1, -0.05) is 20.3 Å². The highest BCUT2D eigenvalue weighted by Crippen LogP contribution is 2.49. The second-order valence-electron chi connectivity index (χ2n) is 7.82. The average Bonchev–Trinajstić information content (AvgIpc) is 3.21. The largest absolute Gasteiger partial charge is 0.350 e. The van der Waals surface area contributed by atoms with E-state index in [-0.39, 0.29) is 11.8 Å². The number of carbonyl (C=O) groups excluding carboxylic acids is 2. The van der Waals surface area contributed by atoms with Crippen molar-refractivity contribution in [3.05, 3.63) is 11.9 Å². The first-order chi connectivity index (χ1) is 11.4. The quantitative estimate of drug-likeness (QED) is 0.840. The minimum Gasteiger partial charge on any atom is -0.350 e. The molecule has 1 heterocycles. The number of amides is 2. The van der Waals surface area contributed by atoms with E-state index in [2.05, 4.69) is 15.7 Å². The first kappa shape index (κ1) is 17.0. The van der Waals surface area contributed by atoms with Crippen LogP contribution in [0.2, 0.25) is 0 Å². The summed E-state index contributed by atoms with van der Waals surface area (Å²) in [5.41, 5.74) is 0.920. The molecule has 3 rings (SSSR count). The Morgan fingerprint density at radius 3 is 2.75 bits per heavy atom. The van der Waals surface area contributed by atoms with Crippen molar-refractivity contribution in [3.63, 3.8) is 0 Å². The van der Waals surface area contributed by atoms with Gasteiger partial charge in [-0.15, -0.1) is 0 Å². The molecule has 0 saturated heterocycles. The van der Waals surface area contributed by atoms with Crippen molar-refractivity contribution in [2.24, 2.45) is 30.7 Å². The van der Waals surface area contributed by atoms with E-state index in [1.54, 1.807) is 13.2 Å². The van der Waals surface area contributed by atoms with Crippen LogP contribution in [0.4, 0.5) is 5.69 Å². The third-order valence-electron chi connectivity index (χ3n) is 5.43. The minimum atomic E-state index is -0.195. The number of carbonyl (C=O) groups is 2. The summed E-state index contributed by atoms with van der Waals surface area (Å²) in [6, 6.07) is 0. The van der Waals surface area contributed by atoms with E-state index in [1.807, 2.05) is 13.8 Å². The molecule has 2 aliphatic carbocycles. The molecule has 6 heteroatoms. The van der Waals surface area contributed by atoms with Crippen LogP contribution in [-0.2, 0) is 11.8 Å². The van der Waals surface area contributed by atoms with Crippen LogP contribution in [0.15, 0.2) is 6.20 Å². The number of hydrogen-bond acceptors (Lipinski definition) is 3. The van der Waals surface area contributed by atoms with E-state index in [0.29, 0.717) is 36.2 Å². The maximum atomic E-state index is 12.4. The average molecular weight is 332 g/mol. The van der Waals surface area contributed by atoms with Gasteiger partial charge in [-0.25, -0.2) is 0 Å². The Morgan fingerprint density at radius 2 is 2.12 bits per heavy atom. The fourth-order valence-corrected chi connectivity index (χ4v) is 4.24. The van der Waals surface area contributed by atoms with Crippen molar-refractivity contribution in [1.29, 1.82) is 0 Å². The zero-order chi connectivity index (χ0) is 17.3. The summed E-state index contributed by atoms with van der Waals surface area (Å²) in [6.45, 7) is 4.69. The molecule has 2 fully saturated rings. The number of fused-ring (bicyclic) bond motifs is 2. The van der Waals surface area contributed by atoms with E-state index in [1.165, 1.54) is 30.4 Å². The number of hydrogen-bond donors (Lipinski definition) is 2. The van der Waals surface area contributed by atoms with Gasteiger partial charge in [0, 0.05) is 20.0 Å². The van der Waals surface area contributed by atoms with Gasteiger partial charge in [-0.2, -0.15) is 5.10 Å². The van der Waals surface area contributed by atoms with Crippen LogP contribution in [0.3, 0.4) is 0 Å². The Labute approximate surface area is 143 Å². The zero-order valence-electron chi connectivity index (χ0n) is 14.8. The lowest BCUT2D eigenvalue weighted by molar-refractivity contribution is -0.117. The lowest BCUT2D eigenvalue weighted by Gasteiger charge is -2.20.